The first kappa shape index (κ1) is 21.3. The quantitative estimate of drug-likeness (QED) is 0.519. The van der Waals surface area contributed by atoms with Crippen LogP contribution in [0.1, 0.15) is 19.8 Å². The number of aromatic nitrogens is 2. The van der Waals surface area contributed by atoms with Crippen LogP contribution in [-0.2, 0) is 4.74 Å². The fourth-order valence-corrected chi connectivity index (χ4v) is 4.10. The lowest BCUT2D eigenvalue weighted by Crippen LogP contribution is -2.38. The van der Waals surface area contributed by atoms with Crippen molar-refractivity contribution in [2.45, 2.75) is 25.8 Å². The Labute approximate surface area is 188 Å². The number of benzene rings is 1. The van der Waals surface area contributed by atoms with Crippen LogP contribution < -0.4 is 15.0 Å². The van der Waals surface area contributed by atoms with E-state index in [0.717, 1.165) is 48.9 Å². The molecule has 0 bridgehead atoms. The Bertz CT molecular complexity index is 972. The van der Waals surface area contributed by atoms with Crippen LogP contribution in [0.2, 0.25) is 5.02 Å². The number of anilines is 3. The molecule has 0 unspecified atom stereocenters. The molecular formula is C23H28ClN5O2. The summed E-state index contributed by atoms with van der Waals surface area (Å²) in [4.78, 5) is 13.6. The zero-order valence-corrected chi connectivity index (χ0v) is 18.7. The van der Waals surface area contributed by atoms with Crippen molar-refractivity contribution < 1.29 is 9.47 Å². The van der Waals surface area contributed by atoms with Crippen LogP contribution in [0.25, 0.3) is 0 Å². The molecule has 3 heterocycles. The first-order valence-electron chi connectivity index (χ1n) is 10.5. The topological polar surface area (TPSA) is 62.8 Å². The van der Waals surface area contributed by atoms with E-state index in [2.05, 4.69) is 26.7 Å². The van der Waals surface area contributed by atoms with Crippen molar-refractivity contribution in [2.24, 2.45) is 0 Å². The van der Waals surface area contributed by atoms with Gasteiger partial charge in [0.15, 0.2) is 11.6 Å². The number of para-hydroxylation sites is 1. The molecule has 0 spiro atoms. The Hall–Kier alpha value is -2.93. The Balaban J connectivity index is 1.44. The molecule has 0 saturated carbocycles. The van der Waals surface area contributed by atoms with Gasteiger partial charge in [0.2, 0.25) is 5.95 Å². The van der Waals surface area contributed by atoms with Crippen LogP contribution in [-0.4, -0.2) is 54.3 Å². The van der Waals surface area contributed by atoms with Gasteiger partial charge < -0.3 is 24.6 Å². The molecule has 2 aromatic rings. The highest BCUT2D eigenvalue weighted by atomic mass is 35.5. The summed E-state index contributed by atoms with van der Waals surface area (Å²) in [5.74, 6) is 2.87. The van der Waals surface area contributed by atoms with Gasteiger partial charge in [0.1, 0.15) is 6.61 Å². The fraction of sp³-hybridized carbons (Fsp3) is 0.391. The van der Waals surface area contributed by atoms with E-state index in [1.54, 1.807) is 13.3 Å². The number of ether oxygens (including phenoxy) is 2. The Kier molecular flexibility index (Phi) is 6.51. The van der Waals surface area contributed by atoms with Crippen molar-refractivity contribution in [3.63, 3.8) is 0 Å². The van der Waals surface area contributed by atoms with E-state index >= 15 is 0 Å². The average molecular weight is 442 g/mol. The van der Waals surface area contributed by atoms with E-state index in [1.807, 2.05) is 37.3 Å². The molecule has 31 heavy (non-hydrogen) atoms. The molecule has 8 heteroatoms. The number of nitrogens with zero attached hydrogens (tertiary/aromatic N) is 4. The number of hydrogen-bond donors (Lipinski definition) is 1. The van der Waals surface area contributed by atoms with Crippen molar-refractivity contribution in [3.8, 4) is 5.75 Å². The van der Waals surface area contributed by atoms with E-state index in [-0.39, 0.29) is 0 Å². The van der Waals surface area contributed by atoms with Gasteiger partial charge in [-0.05, 0) is 38.0 Å². The number of nitrogens with one attached hydrogen (secondary N) is 1. The predicted octanol–water partition coefficient (Wildman–Crippen LogP) is 4.60. The third-order valence-electron chi connectivity index (χ3n) is 5.63. The van der Waals surface area contributed by atoms with E-state index < -0.39 is 0 Å². The van der Waals surface area contributed by atoms with Gasteiger partial charge in [-0.3, -0.25) is 0 Å². The number of likely N-dealkylation sites (tertiary alicyclic amines) is 1. The maximum absolute atomic E-state index is 6.43. The zero-order chi connectivity index (χ0) is 21.8. The summed E-state index contributed by atoms with van der Waals surface area (Å²) >= 11 is 6.43. The van der Waals surface area contributed by atoms with Gasteiger partial charge in [-0.1, -0.05) is 30.3 Å². The minimum Gasteiger partial charge on any atom is -0.501 e. The molecule has 7 nitrogen and oxygen atoms in total. The molecule has 2 aliphatic heterocycles. The SMILES string of the molecule is C=C(/C=C(\C)OC)N1CCC(Nc2ncc3c(n2)N(c2ccccc2Cl)CCO3)CC1. The first-order chi connectivity index (χ1) is 15.0. The largest absolute Gasteiger partial charge is 0.501 e. The molecule has 4 rings (SSSR count). The molecule has 1 aromatic heterocycles. The van der Waals surface area contributed by atoms with Crippen LogP contribution in [0.4, 0.5) is 17.5 Å². The Morgan fingerprint density at radius 2 is 2.06 bits per heavy atom. The monoisotopic (exact) mass is 441 g/mol. The molecule has 1 N–H and O–H groups in total. The van der Waals surface area contributed by atoms with Gasteiger partial charge >= 0.3 is 0 Å². The normalized spacial score (nSPS) is 17.1. The van der Waals surface area contributed by atoms with Gasteiger partial charge in [0.25, 0.3) is 0 Å². The van der Waals surface area contributed by atoms with Gasteiger partial charge in [-0.25, -0.2) is 4.98 Å². The standard InChI is InChI=1S/C23H28ClN5O2/c1-16(14-17(2)30-3)28-10-8-18(9-11-28)26-23-25-15-21-22(27-23)29(12-13-31-21)20-7-5-4-6-19(20)24/h4-7,14-15,18H,1,8-13H2,2-3H3,(H,25,26,27)/b17-14+. The van der Waals surface area contributed by atoms with Crippen LogP contribution in [0, 0.1) is 0 Å². The third-order valence-corrected chi connectivity index (χ3v) is 5.95. The second-order valence-electron chi connectivity index (χ2n) is 7.69. The number of rotatable bonds is 6. The van der Waals surface area contributed by atoms with Crippen LogP contribution >= 0.6 is 11.6 Å². The molecule has 1 fully saturated rings. The second-order valence-corrected chi connectivity index (χ2v) is 8.10. The van der Waals surface area contributed by atoms with Gasteiger partial charge in [-0.2, -0.15) is 4.98 Å². The summed E-state index contributed by atoms with van der Waals surface area (Å²) in [6.07, 6.45) is 5.67. The summed E-state index contributed by atoms with van der Waals surface area (Å²) in [5.41, 5.74) is 1.90. The molecule has 1 aromatic carbocycles. The van der Waals surface area contributed by atoms with Crippen molar-refractivity contribution in [3.05, 3.63) is 59.6 Å². The van der Waals surface area contributed by atoms with Crippen molar-refractivity contribution in [2.75, 3.05) is 43.6 Å². The summed E-state index contributed by atoms with van der Waals surface area (Å²) < 4.78 is 11.0. The highest BCUT2D eigenvalue weighted by Gasteiger charge is 2.25. The summed E-state index contributed by atoms with van der Waals surface area (Å²) in [5, 5.41) is 4.18. The van der Waals surface area contributed by atoms with E-state index in [9.17, 15) is 0 Å². The molecule has 1 saturated heterocycles. The smallest absolute Gasteiger partial charge is 0.225 e. The molecule has 0 amide bonds. The number of hydrogen-bond acceptors (Lipinski definition) is 7. The number of piperidine rings is 1. The van der Waals surface area contributed by atoms with E-state index in [1.165, 1.54) is 0 Å². The van der Waals surface area contributed by atoms with Gasteiger partial charge in [-0.15, -0.1) is 0 Å². The van der Waals surface area contributed by atoms with Crippen LogP contribution in [0.5, 0.6) is 5.75 Å². The highest BCUT2D eigenvalue weighted by molar-refractivity contribution is 6.33. The number of methoxy groups -OCH3 is 1. The zero-order valence-electron chi connectivity index (χ0n) is 18.0. The molecule has 164 valence electrons. The van der Waals surface area contributed by atoms with E-state index in [0.29, 0.717) is 35.9 Å². The number of fused-ring (bicyclic) bond motifs is 1. The Morgan fingerprint density at radius 1 is 1.29 bits per heavy atom. The van der Waals surface area contributed by atoms with Crippen LogP contribution in [0.3, 0.4) is 0 Å². The number of halogens is 1. The lowest BCUT2D eigenvalue weighted by atomic mass is 10.0. The van der Waals surface area contributed by atoms with Crippen LogP contribution in [0.15, 0.2) is 54.6 Å². The summed E-state index contributed by atoms with van der Waals surface area (Å²) in [6.45, 7) is 9.18. The van der Waals surface area contributed by atoms with Crippen molar-refractivity contribution >= 4 is 29.1 Å². The van der Waals surface area contributed by atoms with Crippen molar-refractivity contribution in [1.82, 2.24) is 14.9 Å². The first-order valence-corrected chi connectivity index (χ1v) is 10.9. The second kappa shape index (κ2) is 9.47. The summed E-state index contributed by atoms with van der Waals surface area (Å²) in [6, 6.07) is 8.08. The molecule has 2 aliphatic rings. The fourth-order valence-electron chi connectivity index (χ4n) is 3.86. The van der Waals surface area contributed by atoms with Gasteiger partial charge in [0, 0.05) is 24.8 Å². The highest BCUT2D eigenvalue weighted by Crippen LogP contribution is 2.38. The molecular weight excluding hydrogens is 414 g/mol. The average Bonchev–Trinajstić information content (AvgIpc) is 2.79. The number of allylic oxidation sites excluding steroid dienone is 2. The maximum Gasteiger partial charge on any atom is 0.225 e. The van der Waals surface area contributed by atoms with E-state index in [4.69, 9.17) is 26.1 Å². The Morgan fingerprint density at radius 3 is 2.81 bits per heavy atom. The molecule has 0 radical (unpaired) electrons. The minimum absolute atomic E-state index is 0.299. The lowest BCUT2D eigenvalue weighted by Gasteiger charge is -2.34. The minimum atomic E-state index is 0.299. The lowest BCUT2D eigenvalue weighted by molar-refractivity contribution is 0.269. The summed E-state index contributed by atoms with van der Waals surface area (Å²) in [7, 11) is 1.67. The predicted molar refractivity (Wildman–Crippen MR) is 124 cm³/mol. The third kappa shape index (κ3) is 4.88. The molecule has 0 atom stereocenters. The van der Waals surface area contributed by atoms with Gasteiger partial charge in [0.05, 0.1) is 36.3 Å². The molecule has 0 aliphatic carbocycles. The van der Waals surface area contributed by atoms with Crippen molar-refractivity contribution in [1.29, 1.82) is 0 Å². The maximum atomic E-state index is 6.43.